The van der Waals surface area contributed by atoms with E-state index in [0.29, 0.717) is 12.5 Å². The smallest absolute Gasteiger partial charge is 0.325 e. The number of carbonyl (C=O) groups is 1. The third-order valence-corrected chi connectivity index (χ3v) is 6.41. The Hall–Kier alpha value is -2.12. The van der Waals surface area contributed by atoms with Crippen LogP contribution in [0.15, 0.2) is 34.1 Å². The Labute approximate surface area is 183 Å². The average Bonchev–Trinajstić information content (AvgIpc) is 3.18. The molecule has 6 nitrogen and oxygen atoms in total. The number of hydrogen-bond acceptors (Lipinski definition) is 5. The van der Waals surface area contributed by atoms with Crippen LogP contribution in [-0.2, 0) is 24.2 Å². The van der Waals surface area contributed by atoms with Crippen LogP contribution in [-0.4, -0.2) is 46.8 Å². The predicted molar refractivity (Wildman–Crippen MR) is 124 cm³/mol. The molecular formula is C23H32N4O2S. The second-order valence-corrected chi connectivity index (χ2v) is 9.36. The maximum absolute atomic E-state index is 12.6. The summed E-state index contributed by atoms with van der Waals surface area (Å²) in [5, 5.41) is 3.66. The summed E-state index contributed by atoms with van der Waals surface area (Å²) in [7, 11) is 4.07. The molecule has 1 N–H and O–H groups in total. The lowest BCUT2D eigenvalue weighted by atomic mass is 10.0. The van der Waals surface area contributed by atoms with Gasteiger partial charge in [0.05, 0.1) is 5.75 Å². The minimum atomic E-state index is -0.193. The van der Waals surface area contributed by atoms with Gasteiger partial charge in [-0.3, -0.25) is 9.36 Å². The number of nitrogens with zero attached hydrogens (tertiary/aromatic N) is 3. The third kappa shape index (κ3) is 5.73. The highest BCUT2D eigenvalue weighted by molar-refractivity contribution is 8.00. The number of anilines is 1. The van der Waals surface area contributed by atoms with E-state index >= 15 is 0 Å². The Kier molecular flexibility index (Phi) is 7.72. The summed E-state index contributed by atoms with van der Waals surface area (Å²) in [6.45, 7) is 5.93. The number of carbonyl (C=O) groups excluding carboxylic acids is 1. The largest absolute Gasteiger partial charge is 0.348 e. The monoisotopic (exact) mass is 428 g/mol. The molecule has 0 aliphatic heterocycles. The molecule has 1 aliphatic rings. The number of aromatic nitrogens is 2. The summed E-state index contributed by atoms with van der Waals surface area (Å²) < 4.78 is 1.84. The summed E-state index contributed by atoms with van der Waals surface area (Å²) >= 11 is 1.37. The first-order valence-corrected chi connectivity index (χ1v) is 11.6. The summed E-state index contributed by atoms with van der Waals surface area (Å²) in [4.78, 5) is 31.5. The quantitative estimate of drug-likeness (QED) is 0.489. The Balaban J connectivity index is 1.64. The summed E-state index contributed by atoms with van der Waals surface area (Å²) in [5.41, 5.74) is 4.11. The van der Waals surface area contributed by atoms with Crippen LogP contribution in [0.1, 0.15) is 49.4 Å². The first-order valence-electron chi connectivity index (χ1n) is 10.6. The summed E-state index contributed by atoms with van der Waals surface area (Å²) in [6.07, 6.45) is 3.80. The number of rotatable bonds is 9. The summed E-state index contributed by atoms with van der Waals surface area (Å²) in [6, 6.07) is 7.95. The molecule has 2 aromatic rings. The number of fused-ring (bicyclic) bond motifs is 1. The van der Waals surface area contributed by atoms with Gasteiger partial charge in [0.1, 0.15) is 5.03 Å². The molecule has 1 heterocycles. The molecule has 0 saturated heterocycles. The van der Waals surface area contributed by atoms with Crippen LogP contribution >= 0.6 is 11.8 Å². The van der Waals surface area contributed by atoms with Gasteiger partial charge in [-0.2, -0.15) is 4.98 Å². The zero-order valence-electron chi connectivity index (χ0n) is 18.4. The predicted octanol–water partition coefficient (Wildman–Crippen LogP) is 3.54. The molecule has 1 aromatic carbocycles. The van der Waals surface area contributed by atoms with Crippen LogP contribution in [0.5, 0.6) is 0 Å². The molecule has 0 radical (unpaired) electrons. The van der Waals surface area contributed by atoms with Gasteiger partial charge in [-0.05, 0) is 69.9 Å². The molecule has 0 unspecified atom stereocenters. The summed E-state index contributed by atoms with van der Waals surface area (Å²) in [5.74, 6) is 0.625. The second-order valence-electron chi connectivity index (χ2n) is 8.40. The van der Waals surface area contributed by atoms with E-state index < -0.39 is 0 Å². The SMILES string of the molecule is CC(C)c1ccc(NC(=O)CSc2nc(=O)n(CCCN(C)C)c3c2CCC3)cc1. The van der Waals surface area contributed by atoms with Crippen molar-refractivity contribution in [3.05, 3.63) is 51.6 Å². The second kappa shape index (κ2) is 10.3. The van der Waals surface area contributed by atoms with E-state index in [0.717, 1.165) is 54.2 Å². The van der Waals surface area contributed by atoms with Gasteiger partial charge in [-0.25, -0.2) is 4.79 Å². The van der Waals surface area contributed by atoms with Crippen molar-refractivity contribution in [2.24, 2.45) is 0 Å². The van der Waals surface area contributed by atoms with Crippen LogP contribution in [0.25, 0.3) is 0 Å². The molecule has 1 aromatic heterocycles. The molecule has 3 rings (SSSR count). The van der Waals surface area contributed by atoms with Crippen molar-refractivity contribution >= 4 is 23.4 Å². The highest BCUT2D eigenvalue weighted by atomic mass is 32.2. The molecule has 0 bridgehead atoms. The number of nitrogens with one attached hydrogen (secondary N) is 1. The number of hydrogen-bond donors (Lipinski definition) is 1. The lowest BCUT2D eigenvalue weighted by Crippen LogP contribution is -2.29. The molecule has 30 heavy (non-hydrogen) atoms. The minimum absolute atomic E-state index is 0.0824. The number of amides is 1. The molecule has 1 aliphatic carbocycles. The normalized spacial score (nSPS) is 13.1. The van der Waals surface area contributed by atoms with Gasteiger partial charge < -0.3 is 10.2 Å². The van der Waals surface area contributed by atoms with E-state index in [1.54, 1.807) is 0 Å². The molecule has 0 spiro atoms. The van der Waals surface area contributed by atoms with Gasteiger partial charge in [0.25, 0.3) is 0 Å². The zero-order valence-corrected chi connectivity index (χ0v) is 19.2. The fourth-order valence-electron chi connectivity index (χ4n) is 3.76. The van der Waals surface area contributed by atoms with Crippen LogP contribution in [0, 0.1) is 0 Å². The van der Waals surface area contributed by atoms with Crippen molar-refractivity contribution < 1.29 is 4.79 Å². The van der Waals surface area contributed by atoms with Gasteiger partial charge in [-0.15, -0.1) is 0 Å². The van der Waals surface area contributed by atoms with E-state index in [9.17, 15) is 9.59 Å². The Morgan fingerprint density at radius 3 is 2.63 bits per heavy atom. The van der Waals surface area contributed by atoms with E-state index in [1.165, 1.54) is 17.3 Å². The van der Waals surface area contributed by atoms with Crippen molar-refractivity contribution in [3.63, 3.8) is 0 Å². The Morgan fingerprint density at radius 1 is 1.23 bits per heavy atom. The van der Waals surface area contributed by atoms with Crippen LogP contribution in [0.2, 0.25) is 0 Å². The van der Waals surface area contributed by atoms with Crippen molar-refractivity contribution in [3.8, 4) is 0 Å². The molecule has 0 atom stereocenters. The van der Waals surface area contributed by atoms with E-state index in [4.69, 9.17) is 0 Å². The highest BCUT2D eigenvalue weighted by Crippen LogP contribution is 2.29. The van der Waals surface area contributed by atoms with Gasteiger partial charge in [0.15, 0.2) is 0 Å². The topological polar surface area (TPSA) is 67.2 Å². The van der Waals surface area contributed by atoms with Gasteiger partial charge in [0, 0.05) is 23.5 Å². The van der Waals surface area contributed by atoms with Crippen molar-refractivity contribution in [2.75, 3.05) is 31.7 Å². The molecule has 162 valence electrons. The fourth-order valence-corrected chi connectivity index (χ4v) is 4.64. The van der Waals surface area contributed by atoms with Gasteiger partial charge in [0.2, 0.25) is 5.91 Å². The molecule has 0 fully saturated rings. The maximum atomic E-state index is 12.6. The van der Waals surface area contributed by atoms with E-state index in [1.807, 2.05) is 42.9 Å². The standard InChI is InChI=1S/C23H32N4O2S/c1-16(2)17-9-11-18(12-10-17)24-21(28)15-30-22-19-7-5-8-20(19)27(23(29)25-22)14-6-13-26(3)4/h9-12,16H,5-8,13-15H2,1-4H3,(H,24,28). The van der Waals surface area contributed by atoms with Crippen molar-refractivity contribution in [2.45, 2.75) is 57.0 Å². The first kappa shape index (κ1) is 22.6. The van der Waals surface area contributed by atoms with E-state index in [2.05, 4.69) is 29.0 Å². The Bertz CT molecular complexity index is 935. The molecule has 7 heteroatoms. The van der Waals surface area contributed by atoms with Crippen LogP contribution < -0.4 is 11.0 Å². The third-order valence-electron chi connectivity index (χ3n) is 5.39. The maximum Gasteiger partial charge on any atom is 0.348 e. The average molecular weight is 429 g/mol. The van der Waals surface area contributed by atoms with Gasteiger partial charge in [-0.1, -0.05) is 37.7 Å². The molecule has 0 saturated carbocycles. The van der Waals surface area contributed by atoms with Crippen LogP contribution in [0.4, 0.5) is 5.69 Å². The molecular weight excluding hydrogens is 396 g/mol. The lowest BCUT2D eigenvalue weighted by molar-refractivity contribution is -0.113. The highest BCUT2D eigenvalue weighted by Gasteiger charge is 2.22. The Morgan fingerprint density at radius 2 is 1.97 bits per heavy atom. The van der Waals surface area contributed by atoms with Gasteiger partial charge >= 0.3 is 5.69 Å². The number of thioether (sulfide) groups is 1. The number of benzene rings is 1. The first-order chi connectivity index (χ1) is 14.3. The zero-order chi connectivity index (χ0) is 21.7. The lowest BCUT2D eigenvalue weighted by Gasteiger charge is -2.15. The van der Waals surface area contributed by atoms with E-state index in [-0.39, 0.29) is 17.3 Å². The minimum Gasteiger partial charge on any atom is -0.325 e. The van der Waals surface area contributed by atoms with Crippen molar-refractivity contribution in [1.82, 2.24) is 14.5 Å². The fraction of sp³-hybridized carbons (Fsp3) is 0.522. The molecule has 1 amide bonds. The van der Waals surface area contributed by atoms with Crippen molar-refractivity contribution in [1.29, 1.82) is 0 Å². The van der Waals surface area contributed by atoms with Crippen LogP contribution in [0.3, 0.4) is 0 Å².